The number of fused-ring (bicyclic) bond motifs is 1. The Labute approximate surface area is 96.2 Å². The predicted octanol–water partition coefficient (Wildman–Crippen LogP) is 3.85. The molecule has 4 heteroatoms. The molecule has 0 saturated carbocycles. The van der Waals surface area contributed by atoms with E-state index in [-0.39, 0.29) is 0 Å². The summed E-state index contributed by atoms with van der Waals surface area (Å²) < 4.78 is 3.65. The summed E-state index contributed by atoms with van der Waals surface area (Å²) >= 11 is 7.50. The van der Waals surface area contributed by atoms with Gasteiger partial charge in [0.25, 0.3) is 0 Å². The first-order valence-corrected chi connectivity index (χ1v) is 6.06. The quantitative estimate of drug-likeness (QED) is 0.715. The minimum atomic E-state index is 0.875. The zero-order valence-electron chi connectivity index (χ0n) is 5.97. The van der Waals surface area contributed by atoms with Crippen LogP contribution >= 0.6 is 49.9 Å². The fourth-order valence-corrected chi connectivity index (χ4v) is 3.27. The third-order valence-corrected chi connectivity index (χ3v) is 5.58. The summed E-state index contributed by atoms with van der Waals surface area (Å²) in [6, 6.07) is 4.08. The Hall–Kier alpha value is 0.190. The van der Waals surface area contributed by atoms with Crippen molar-refractivity contribution in [3.05, 3.63) is 25.6 Å². The molecule has 0 aliphatic heterocycles. The smallest absolute Gasteiger partial charge is 0.0509 e. The maximum atomic E-state index is 5.79. The van der Waals surface area contributed by atoms with Crippen LogP contribution in [0.15, 0.2) is 22.0 Å². The SMILES string of the molecule is Nc1csc2c(I)c(Br)ccc12. The third-order valence-electron chi connectivity index (χ3n) is 1.66. The number of hydrogen-bond donors (Lipinski definition) is 1. The molecule has 0 spiro atoms. The van der Waals surface area contributed by atoms with Crippen molar-refractivity contribution in [3.63, 3.8) is 0 Å². The fraction of sp³-hybridized carbons (Fsp3) is 0. The molecule has 0 aliphatic carbocycles. The molecule has 2 aromatic rings. The standard InChI is InChI=1S/C8H5BrINS/c9-5-2-1-4-6(11)3-12-8(4)7(5)10/h1-3H,11H2. The molecule has 0 aliphatic rings. The molecule has 0 unspecified atom stereocenters. The van der Waals surface area contributed by atoms with Crippen molar-refractivity contribution in [2.45, 2.75) is 0 Å². The summed E-state index contributed by atoms with van der Waals surface area (Å²) in [7, 11) is 0. The van der Waals surface area contributed by atoms with Crippen LogP contribution in [-0.2, 0) is 0 Å². The van der Waals surface area contributed by atoms with Crippen molar-refractivity contribution in [2.24, 2.45) is 0 Å². The van der Waals surface area contributed by atoms with E-state index in [1.807, 2.05) is 17.5 Å². The Kier molecular flexibility index (Phi) is 2.31. The Morgan fingerprint density at radius 1 is 1.42 bits per heavy atom. The summed E-state index contributed by atoms with van der Waals surface area (Å²) in [6.45, 7) is 0. The monoisotopic (exact) mass is 353 g/mol. The number of hydrogen-bond acceptors (Lipinski definition) is 2. The highest BCUT2D eigenvalue weighted by Gasteiger charge is 2.06. The van der Waals surface area contributed by atoms with Gasteiger partial charge in [0.05, 0.1) is 10.4 Å². The van der Waals surface area contributed by atoms with Gasteiger partial charge in [-0.3, -0.25) is 0 Å². The highest BCUT2D eigenvalue weighted by Crippen LogP contribution is 2.35. The van der Waals surface area contributed by atoms with Crippen LogP contribution in [0.5, 0.6) is 0 Å². The Morgan fingerprint density at radius 2 is 2.17 bits per heavy atom. The lowest BCUT2D eigenvalue weighted by Gasteiger charge is -1.97. The summed E-state index contributed by atoms with van der Waals surface area (Å²) in [6.07, 6.45) is 0. The number of nitrogen functional groups attached to an aromatic ring is 1. The molecular formula is C8H5BrINS. The average Bonchev–Trinajstić information content (AvgIpc) is 2.41. The molecule has 0 atom stereocenters. The number of anilines is 1. The summed E-state index contributed by atoms with van der Waals surface area (Å²) in [5.74, 6) is 0. The highest BCUT2D eigenvalue weighted by molar-refractivity contribution is 14.1. The van der Waals surface area contributed by atoms with Gasteiger partial charge < -0.3 is 5.73 Å². The van der Waals surface area contributed by atoms with Gasteiger partial charge in [0.2, 0.25) is 0 Å². The van der Waals surface area contributed by atoms with Crippen LogP contribution in [0.25, 0.3) is 10.1 Å². The van der Waals surface area contributed by atoms with E-state index in [4.69, 9.17) is 5.73 Å². The second-order valence-electron chi connectivity index (χ2n) is 2.43. The van der Waals surface area contributed by atoms with E-state index in [1.54, 1.807) is 11.3 Å². The number of rotatable bonds is 0. The minimum Gasteiger partial charge on any atom is -0.398 e. The number of halogens is 2. The molecule has 0 fully saturated rings. The van der Waals surface area contributed by atoms with E-state index >= 15 is 0 Å². The molecule has 1 heterocycles. The maximum Gasteiger partial charge on any atom is 0.0509 e. The molecule has 0 radical (unpaired) electrons. The van der Waals surface area contributed by atoms with Crippen molar-refractivity contribution >= 4 is 65.6 Å². The first kappa shape index (κ1) is 8.77. The van der Waals surface area contributed by atoms with Crippen LogP contribution in [0.1, 0.15) is 0 Å². The molecule has 0 saturated heterocycles. The molecule has 62 valence electrons. The Morgan fingerprint density at radius 3 is 2.92 bits per heavy atom. The van der Waals surface area contributed by atoms with Crippen molar-refractivity contribution in [1.82, 2.24) is 0 Å². The number of thiophene rings is 1. The van der Waals surface area contributed by atoms with E-state index in [2.05, 4.69) is 38.5 Å². The van der Waals surface area contributed by atoms with Crippen LogP contribution < -0.4 is 5.73 Å². The lowest BCUT2D eigenvalue weighted by atomic mass is 10.2. The van der Waals surface area contributed by atoms with Gasteiger partial charge in [-0.2, -0.15) is 0 Å². The first-order valence-electron chi connectivity index (χ1n) is 3.31. The summed E-state index contributed by atoms with van der Waals surface area (Å²) in [5.41, 5.74) is 6.66. The average molecular weight is 354 g/mol. The van der Waals surface area contributed by atoms with Gasteiger partial charge in [0.1, 0.15) is 0 Å². The van der Waals surface area contributed by atoms with E-state index in [1.165, 1.54) is 8.27 Å². The molecule has 0 bridgehead atoms. The number of nitrogens with two attached hydrogens (primary N) is 1. The maximum absolute atomic E-state index is 5.79. The van der Waals surface area contributed by atoms with Crippen molar-refractivity contribution in [2.75, 3.05) is 5.73 Å². The molecule has 1 aromatic heterocycles. The molecule has 2 rings (SSSR count). The zero-order valence-corrected chi connectivity index (χ0v) is 10.5. The van der Waals surface area contributed by atoms with E-state index < -0.39 is 0 Å². The van der Waals surface area contributed by atoms with Crippen LogP contribution in [0.4, 0.5) is 5.69 Å². The van der Waals surface area contributed by atoms with E-state index in [0.29, 0.717) is 0 Å². The van der Waals surface area contributed by atoms with Gasteiger partial charge in [0.15, 0.2) is 0 Å². The topological polar surface area (TPSA) is 26.0 Å². The van der Waals surface area contributed by atoms with Crippen LogP contribution in [0, 0.1) is 3.57 Å². The van der Waals surface area contributed by atoms with Crippen molar-refractivity contribution in [3.8, 4) is 0 Å². The van der Waals surface area contributed by atoms with Gasteiger partial charge in [-0.05, 0) is 44.6 Å². The second kappa shape index (κ2) is 3.16. The molecule has 12 heavy (non-hydrogen) atoms. The molecule has 0 amide bonds. The predicted molar refractivity (Wildman–Crippen MR) is 66.7 cm³/mol. The molecule has 1 aromatic carbocycles. The normalized spacial score (nSPS) is 10.8. The Bertz CT molecular complexity index is 438. The second-order valence-corrected chi connectivity index (χ2v) is 5.24. The Balaban J connectivity index is 2.93. The van der Waals surface area contributed by atoms with Gasteiger partial charge >= 0.3 is 0 Å². The van der Waals surface area contributed by atoms with Crippen LogP contribution in [0.2, 0.25) is 0 Å². The van der Waals surface area contributed by atoms with E-state index in [0.717, 1.165) is 15.5 Å². The molecular weight excluding hydrogens is 349 g/mol. The lowest BCUT2D eigenvalue weighted by Crippen LogP contribution is -1.81. The third kappa shape index (κ3) is 1.25. The first-order chi connectivity index (χ1) is 5.70. The van der Waals surface area contributed by atoms with E-state index in [9.17, 15) is 0 Å². The van der Waals surface area contributed by atoms with Gasteiger partial charge in [-0.1, -0.05) is 6.07 Å². The zero-order chi connectivity index (χ0) is 8.72. The van der Waals surface area contributed by atoms with Crippen molar-refractivity contribution < 1.29 is 0 Å². The summed E-state index contributed by atoms with van der Waals surface area (Å²) in [4.78, 5) is 0. The molecule has 2 N–H and O–H groups in total. The minimum absolute atomic E-state index is 0.875. The fourth-order valence-electron chi connectivity index (χ4n) is 1.06. The van der Waals surface area contributed by atoms with Crippen LogP contribution in [-0.4, -0.2) is 0 Å². The molecule has 1 nitrogen and oxygen atoms in total. The number of benzene rings is 1. The highest BCUT2D eigenvalue weighted by atomic mass is 127. The lowest BCUT2D eigenvalue weighted by molar-refractivity contribution is 1.70. The largest absolute Gasteiger partial charge is 0.398 e. The van der Waals surface area contributed by atoms with Gasteiger partial charge in [-0.25, -0.2) is 0 Å². The van der Waals surface area contributed by atoms with Gasteiger partial charge in [0, 0.05) is 18.8 Å². The van der Waals surface area contributed by atoms with Crippen LogP contribution in [0.3, 0.4) is 0 Å². The van der Waals surface area contributed by atoms with Gasteiger partial charge in [-0.15, -0.1) is 11.3 Å². The van der Waals surface area contributed by atoms with Crippen molar-refractivity contribution in [1.29, 1.82) is 0 Å². The summed E-state index contributed by atoms with van der Waals surface area (Å²) in [5, 5.41) is 3.15.